The number of fused-ring (bicyclic) bond motifs is 1. The number of hydrogen-bond acceptors (Lipinski definition) is 5. The monoisotopic (exact) mass is 441 g/mol. The molecule has 0 saturated carbocycles. The van der Waals surface area contributed by atoms with Crippen molar-refractivity contribution in [2.75, 3.05) is 4.90 Å². The first-order valence-electron chi connectivity index (χ1n) is 8.28. The number of halogens is 1. The lowest BCUT2D eigenvalue weighted by Crippen LogP contribution is -2.32. The van der Waals surface area contributed by atoms with Crippen LogP contribution in [-0.2, 0) is 13.6 Å². The molecule has 4 rings (SSSR count). The fraction of sp³-hybridized carbons (Fsp3) is 0.158. The number of pyridine rings is 1. The third-order valence-corrected chi connectivity index (χ3v) is 5.74. The van der Waals surface area contributed by atoms with Gasteiger partial charge < -0.3 is 0 Å². The highest BCUT2D eigenvalue weighted by Gasteiger charge is 2.25. The SMILES string of the molecule is Cc1cnn(C)c1C(=O)N(Cc1cccnc1)c1nc2ccc(Br)cc2s1. The van der Waals surface area contributed by atoms with Crippen molar-refractivity contribution < 1.29 is 4.79 Å². The van der Waals surface area contributed by atoms with Gasteiger partial charge in [0.1, 0.15) is 5.69 Å². The predicted molar refractivity (Wildman–Crippen MR) is 110 cm³/mol. The molecule has 0 saturated heterocycles. The van der Waals surface area contributed by atoms with Crippen LogP contribution in [0.15, 0.2) is 53.4 Å². The first-order valence-corrected chi connectivity index (χ1v) is 9.89. The second-order valence-electron chi connectivity index (χ2n) is 6.16. The average Bonchev–Trinajstić information content (AvgIpc) is 3.22. The van der Waals surface area contributed by atoms with E-state index in [-0.39, 0.29) is 5.91 Å². The van der Waals surface area contributed by atoms with Crippen LogP contribution in [0.1, 0.15) is 21.6 Å². The molecular weight excluding hydrogens is 426 g/mol. The van der Waals surface area contributed by atoms with Crippen LogP contribution < -0.4 is 4.90 Å². The molecule has 4 aromatic rings. The molecule has 8 heteroatoms. The minimum absolute atomic E-state index is 0.130. The molecule has 0 unspecified atom stereocenters. The summed E-state index contributed by atoms with van der Waals surface area (Å²) in [6, 6.07) is 9.72. The van der Waals surface area contributed by atoms with Crippen LogP contribution >= 0.6 is 27.3 Å². The van der Waals surface area contributed by atoms with Gasteiger partial charge in [0.15, 0.2) is 5.13 Å². The Balaban J connectivity index is 1.80. The molecule has 136 valence electrons. The highest BCUT2D eigenvalue weighted by atomic mass is 79.9. The van der Waals surface area contributed by atoms with Gasteiger partial charge in [0.05, 0.1) is 23.0 Å². The van der Waals surface area contributed by atoms with Gasteiger partial charge in [-0.2, -0.15) is 5.10 Å². The number of carbonyl (C=O) groups is 1. The Labute approximate surface area is 168 Å². The molecule has 1 aromatic carbocycles. The van der Waals surface area contributed by atoms with Gasteiger partial charge in [-0.15, -0.1) is 0 Å². The Hall–Kier alpha value is -2.58. The number of thiazole rings is 1. The number of aromatic nitrogens is 4. The third-order valence-electron chi connectivity index (χ3n) is 4.20. The first kappa shape index (κ1) is 17.8. The summed E-state index contributed by atoms with van der Waals surface area (Å²) in [7, 11) is 1.78. The van der Waals surface area contributed by atoms with Crippen molar-refractivity contribution in [2.24, 2.45) is 7.05 Å². The first-order chi connectivity index (χ1) is 13.0. The fourth-order valence-electron chi connectivity index (χ4n) is 2.88. The maximum atomic E-state index is 13.4. The lowest BCUT2D eigenvalue weighted by Gasteiger charge is -2.20. The van der Waals surface area contributed by atoms with Crippen molar-refractivity contribution in [3.05, 3.63) is 70.2 Å². The second-order valence-corrected chi connectivity index (χ2v) is 8.09. The Bertz CT molecular complexity index is 1100. The zero-order valence-corrected chi connectivity index (χ0v) is 17.2. The van der Waals surface area contributed by atoms with Crippen molar-refractivity contribution >= 4 is 48.5 Å². The quantitative estimate of drug-likeness (QED) is 0.472. The van der Waals surface area contributed by atoms with Gasteiger partial charge in [-0.3, -0.25) is 19.4 Å². The number of anilines is 1. The molecule has 27 heavy (non-hydrogen) atoms. The molecular formula is C19H16BrN5OS. The van der Waals surface area contributed by atoms with Gasteiger partial charge in [-0.1, -0.05) is 33.3 Å². The van der Waals surface area contributed by atoms with E-state index in [1.54, 1.807) is 35.2 Å². The van der Waals surface area contributed by atoms with Crippen LogP contribution in [-0.4, -0.2) is 25.7 Å². The number of nitrogens with zero attached hydrogens (tertiary/aromatic N) is 5. The van der Waals surface area contributed by atoms with Gasteiger partial charge in [0, 0.05) is 23.9 Å². The molecule has 0 spiro atoms. The molecule has 6 nitrogen and oxygen atoms in total. The molecule has 0 N–H and O–H groups in total. The number of amides is 1. The number of benzene rings is 1. The van der Waals surface area contributed by atoms with Crippen LogP contribution in [0, 0.1) is 6.92 Å². The summed E-state index contributed by atoms with van der Waals surface area (Å²) >= 11 is 4.98. The van der Waals surface area contributed by atoms with Gasteiger partial charge in [0.2, 0.25) is 0 Å². The van der Waals surface area contributed by atoms with Gasteiger partial charge >= 0.3 is 0 Å². The normalized spacial score (nSPS) is 11.1. The van der Waals surface area contributed by atoms with Gasteiger partial charge in [-0.25, -0.2) is 4.98 Å². The summed E-state index contributed by atoms with van der Waals surface area (Å²) in [5.74, 6) is -0.130. The van der Waals surface area contributed by atoms with Crippen molar-refractivity contribution in [2.45, 2.75) is 13.5 Å². The maximum absolute atomic E-state index is 13.4. The van der Waals surface area contributed by atoms with E-state index in [0.29, 0.717) is 17.4 Å². The minimum Gasteiger partial charge on any atom is -0.278 e. The van der Waals surface area contributed by atoms with Crippen molar-refractivity contribution in [3.8, 4) is 0 Å². The maximum Gasteiger partial charge on any atom is 0.278 e. The largest absolute Gasteiger partial charge is 0.278 e. The summed E-state index contributed by atoms with van der Waals surface area (Å²) in [4.78, 5) is 23.9. The Morgan fingerprint density at radius 3 is 2.85 bits per heavy atom. The molecule has 0 radical (unpaired) electrons. The Kier molecular flexibility index (Phi) is 4.75. The van der Waals surface area contributed by atoms with E-state index < -0.39 is 0 Å². The van der Waals surface area contributed by atoms with E-state index in [0.717, 1.165) is 25.8 Å². The summed E-state index contributed by atoms with van der Waals surface area (Å²) in [6.45, 7) is 2.27. The Morgan fingerprint density at radius 1 is 1.30 bits per heavy atom. The van der Waals surface area contributed by atoms with Gasteiger partial charge in [-0.05, 0) is 42.3 Å². The molecule has 3 heterocycles. The van der Waals surface area contributed by atoms with Crippen LogP contribution in [0.2, 0.25) is 0 Å². The van der Waals surface area contributed by atoms with Crippen molar-refractivity contribution in [1.82, 2.24) is 19.7 Å². The second kappa shape index (κ2) is 7.21. The van der Waals surface area contributed by atoms with Crippen molar-refractivity contribution in [1.29, 1.82) is 0 Å². The average molecular weight is 442 g/mol. The Morgan fingerprint density at radius 2 is 2.15 bits per heavy atom. The van der Waals surface area contributed by atoms with E-state index >= 15 is 0 Å². The number of carbonyl (C=O) groups excluding carboxylic acids is 1. The lowest BCUT2D eigenvalue weighted by atomic mass is 10.2. The summed E-state index contributed by atoms with van der Waals surface area (Å²) in [6.07, 6.45) is 5.18. The topological polar surface area (TPSA) is 63.9 Å². The highest BCUT2D eigenvalue weighted by Crippen LogP contribution is 2.32. The molecule has 1 amide bonds. The fourth-order valence-corrected chi connectivity index (χ4v) is 4.40. The molecule has 0 aliphatic heterocycles. The van der Waals surface area contributed by atoms with E-state index in [1.807, 2.05) is 37.3 Å². The summed E-state index contributed by atoms with van der Waals surface area (Å²) < 4.78 is 3.61. The zero-order chi connectivity index (χ0) is 19.0. The molecule has 0 atom stereocenters. The van der Waals surface area contributed by atoms with Crippen LogP contribution in [0.3, 0.4) is 0 Å². The third kappa shape index (κ3) is 3.50. The molecule has 0 aliphatic rings. The predicted octanol–water partition coefficient (Wildman–Crippen LogP) is 4.34. The van der Waals surface area contributed by atoms with Crippen LogP contribution in [0.25, 0.3) is 10.2 Å². The minimum atomic E-state index is -0.130. The highest BCUT2D eigenvalue weighted by molar-refractivity contribution is 9.10. The van der Waals surface area contributed by atoms with E-state index in [1.165, 1.54) is 11.3 Å². The van der Waals surface area contributed by atoms with Crippen LogP contribution in [0.5, 0.6) is 0 Å². The summed E-state index contributed by atoms with van der Waals surface area (Å²) in [5.41, 5.74) is 3.19. The zero-order valence-electron chi connectivity index (χ0n) is 14.8. The molecule has 0 bridgehead atoms. The van der Waals surface area contributed by atoms with Gasteiger partial charge in [0.25, 0.3) is 5.91 Å². The lowest BCUT2D eigenvalue weighted by molar-refractivity contribution is 0.0975. The smallest absolute Gasteiger partial charge is 0.278 e. The molecule has 3 aromatic heterocycles. The van der Waals surface area contributed by atoms with Crippen LogP contribution in [0.4, 0.5) is 5.13 Å². The number of hydrogen-bond donors (Lipinski definition) is 0. The van der Waals surface area contributed by atoms with Crippen molar-refractivity contribution in [3.63, 3.8) is 0 Å². The molecule has 0 aliphatic carbocycles. The number of rotatable bonds is 4. The summed E-state index contributed by atoms with van der Waals surface area (Å²) in [5, 5.41) is 4.86. The van der Waals surface area contributed by atoms with E-state index in [4.69, 9.17) is 4.98 Å². The molecule has 0 fully saturated rings. The van der Waals surface area contributed by atoms with E-state index in [2.05, 4.69) is 26.0 Å². The standard InChI is InChI=1S/C19H16BrN5OS/c1-12-9-22-24(2)17(12)18(26)25(11-13-4-3-7-21-10-13)19-23-15-6-5-14(20)8-16(15)27-19/h3-10H,11H2,1-2H3. The van der Waals surface area contributed by atoms with E-state index in [9.17, 15) is 4.79 Å². The number of aryl methyl sites for hydroxylation is 2.